The Labute approximate surface area is 145 Å². The van der Waals surface area contributed by atoms with Crippen molar-refractivity contribution in [2.75, 3.05) is 13.6 Å². The van der Waals surface area contributed by atoms with Crippen molar-refractivity contribution >= 4 is 23.2 Å². The van der Waals surface area contributed by atoms with Crippen molar-refractivity contribution in [2.24, 2.45) is 5.92 Å². The summed E-state index contributed by atoms with van der Waals surface area (Å²) >= 11 is 1.60. The Hall–Kier alpha value is -2.15. The minimum atomic E-state index is -0.184. The second kappa shape index (κ2) is 7.61. The van der Waals surface area contributed by atoms with Crippen molar-refractivity contribution in [3.63, 3.8) is 0 Å². The molecule has 0 bridgehead atoms. The first-order valence-electron chi connectivity index (χ1n) is 8.21. The minimum Gasteiger partial charge on any atom is -0.356 e. The quantitative estimate of drug-likeness (QED) is 0.814. The first-order valence-corrected chi connectivity index (χ1v) is 9.09. The number of nitrogens with zero attached hydrogens (tertiary/aromatic N) is 3. The summed E-state index contributed by atoms with van der Waals surface area (Å²) in [7, 11) is 1.80. The molecular weight excluding hydrogens is 324 g/mol. The van der Waals surface area contributed by atoms with E-state index >= 15 is 0 Å². The van der Waals surface area contributed by atoms with Gasteiger partial charge in [-0.15, -0.1) is 11.3 Å². The number of amides is 2. The van der Waals surface area contributed by atoms with Crippen LogP contribution in [0.4, 0.5) is 0 Å². The molecule has 1 aliphatic rings. The SMILES string of the molecule is CN1C(=O)CCC(C(=O)NCCCn2cccn2)C1c1cccs1. The van der Waals surface area contributed by atoms with Gasteiger partial charge in [-0.3, -0.25) is 14.3 Å². The van der Waals surface area contributed by atoms with Crippen LogP contribution in [0, 0.1) is 5.92 Å². The number of likely N-dealkylation sites (tertiary alicyclic amines) is 1. The standard InChI is InChI=1S/C17H22N4O2S/c1-20-15(22)7-6-13(16(20)14-5-2-12-24-14)17(23)18-8-3-10-21-11-4-9-19-21/h2,4-5,9,11-13,16H,3,6-8,10H2,1H3,(H,18,23). The number of rotatable bonds is 6. The molecule has 7 heteroatoms. The van der Waals surface area contributed by atoms with Crippen molar-refractivity contribution in [2.45, 2.75) is 31.8 Å². The van der Waals surface area contributed by atoms with Crippen LogP contribution in [0.3, 0.4) is 0 Å². The minimum absolute atomic E-state index is 0.0354. The molecule has 1 aliphatic heterocycles. The van der Waals surface area contributed by atoms with Gasteiger partial charge < -0.3 is 10.2 Å². The molecular formula is C17H22N4O2S. The number of piperidine rings is 1. The molecule has 2 unspecified atom stereocenters. The number of hydrogen-bond acceptors (Lipinski definition) is 4. The predicted octanol–water partition coefficient (Wildman–Crippen LogP) is 2.06. The topological polar surface area (TPSA) is 67.2 Å². The Bertz CT molecular complexity index is 669. The van der Waals surface area contributed by atoms with Gasteiger partial charge in [-0.05, 0) is 30.4 Å². The zero-order valence-electron chi connectivity index (χ0n) is 13.7. The Morgan fingerprint density at radius 3 is 3.04 bits per heavy atom. The summed E-state index contributed by atoms with van der Waals surface area (Å²) in [6.07, 6.45) is 5.54. The van der Waals surface area contributed by atoms with E-state index in [0.717, 1.165) is 17.8 Å². The highest BCUT2D eigenvalue weighted by Gasteiger charge is 2.39. The third kappa shape index (κ3) is 3.67. The predicted molar refractivity (Wildman–Crippen MR) is 92.4 cm³/mol. The average molecular weight is 346 g/mol. The fourth-order valence-corrected chi connectivity index (χ4v) is 4.11. The smallest absolute Gasteiger partial charge is 0.225 e. The van der Waals surface area contributed by atoms with E-state index in [9.17, 15) is 9.59 Å². The number of hydrogen-bond donors (Lipinski definition) is 1. The normalized spacial score (nSPS) is 21.0. The van der Waals surface area contributed by atoms with Gasteiger partial charge in [0.2, 0.25) is 11.8 Å². The number of carbonyl (C=O) groups is 2. The van der Waals surface area contributed by atoms with E-state index in [1.54, 1.807) is 29.5 Å². The van der Waals surface area contributed by atoms with E-state index in [1.165, 1.54) is 0 Å². The molecule has 0 aromatic carbocycles. The number of carbonyl (C=O) groups excluding carboxylic acids is 2. The van der Waals surface area contributed by atoms with Crippen LogP contribution in [-0.2, 0) is 16.1 Å². The highest BCUT2D eigenvalue weighted by atomic mass is 32.1. The molecule has 128 valence electrons. The van der Waals surface area contributed by atoms with E-state index in [1.807, 2.05) is 34.5 Å². The molecule has 1 N–H and O–H groups in total. The van der Waals surface area contributed by atoms with Crippen LogP contribution in [0.1, 0.15) is 30.2 Å². The van der Waals surface area contributed by atoms with E-state index in [0.29, 0.717) is 19.4 Å². The summed E-state index contributed by atoms with van der Waals surface area (Å²) in [5.74, 6) is -0.0413. The molecule has 0 saturated carbocycles. The van der Waals surface area contributed by atoms with Gasteiger partial charge in [0.15, 0.2) is 0 Å². The summed E-state index contributed by atoms with van der Waals surface area (Å²) in [4.78, 5) is 27.5. The fraction of sp³-hybridized carbons (Fsp3) is 0.471. The molecule has 1 saturated heterocycles. The monoisotopic (exact) mass is 346 g/mol. The van der Waals surface area contributed by atoms with Crippen LogP contribution in [0.5, 0.6) is 0 Å². The average Bonchev–Trinajstić information content (AvgIpc) is 3.27. The van der Waals surface area contributed by atoms with Gasteiger partial charge in [-0.1, -0.05) is 6.07 Å². The zero-order chi connectivity index (χ0) is 16.9. The second-order valence-electron chi connectivity index (χ2n) is 6.02. The van der Waals surface area contributed by atoms with Gasteiger partial charge in [0.25, 0.3) is 0 Å². The maximum absolute atomic E-state index is 12.7. The van der Waals surface area contributed by atoms with E-state index in [4.69, 9.17) is 0 Å². The van der Waals surface area contributed by atoms with Crippen LogP contribution in [0.15, 0.2) is 36.0 Å². The lowest BCUT2D eigenvalue weighted by atomic mass is 9.87. The first kappa shape index (κ1) is 16.7. The van der Waals surface area contributed by atoms with Crippen molar-refractivity contribution < 1.29 is 9.59 Å². The lowest BCUT2D eigenvalue weighted by molar-refractivity contribution is -0.141. The van der Waals surface area contributed by atoms with Crippen LogP contribution in [0.2, 0.25) is 0 Å². The molecule has 1 fully saturated rings. The van der Waals surface area contributed by atoms with Crippen LogP contribution in [0.25, 0.3) is 0 Å². The molecule has 2 aromatic rings. The van der Waals surface area contributed by atoms with Crippen molar-refractivity contribution in [3.8, 4) is 0 Å². The number of aromatic nitrogens is 2. The Morgan fingerprint density at radius 1 is 1.46 bits per heavy atom. The molecule has 3 heterocycles. The largest absolute Gasteiger partial charge is 0.356 e. The summed E-state index contributed by atoms with van der Waals surface area (Å²) in [6, 6.07) is 5.70. The van der Waals surface area contributed by atoms with Gasteiger partial charge in [0, 0.05) is 43.8 Å². The second-order valence-corrected chi connectivity index (χ2v) is 7.00. The van der Waals surface area contributed by atoms with E-state index in [2.05, 4.69) is 10.4 Å². The van der Waals surface area contributed by atoms with Crippen LogP contribution in [-0.4, -0.2) is 40.1 Å². The number of thiophene rings is 1. The fourth-order valence-electron chi connectivity index (χ4n) is 3.18. The maximum Gasteiger partial charge on any atom is 0.225 e. The van der Waals surface area contributed by atoms with Crippen molar-refractivity contribution in [3.05, 3.63) is 40.8 Å². The zero-order valence-corrected chi connectivity index (χ0v) is 14.5. The summed E-state index contributed by atoms with van der Waals surface area (Å²) in [5, 5.41) is 9.16. The molecule has 24 heavy (non-hydrogen) atoms. The van der Waals surface area contributed by atoms with Gasteiger partial charge >= 0.3 is 0 Å². The highest BCUT2D eigenvalue weighted by molar-refractivity contribution is 7.10. The van der Waals surface area contributed by atoms with Gasteiger partial charge in [-0.25, -0.2) is 0 Å². The Kier molecular flexibility index (Phi) is 5.30. The maximum atomic E-state index is 12.7. The van der Waals surface area contributed by atoms with Gasteiger partial charge in [0.1, 0.15) is 0 Å². The molecule has 2 aromatic heterocycles. The van der Waals surface area contributed by atoms with E-state index in [-0.39, 0.29) is 23.8 Å². The van der Waals surface area contributed by atoms with Crippen LogP contribution >= 0.6 is 11.3 Å². The Morgan fingerprint density at radius 2 is 2.33 bits per heavy atom. The van der Waals surface area contributed by atoms with Crippen molar-refractivity contribution in [1.82, 2.24) is 20.0 Å². The molecule has 2 atom stereocenters. The molecule has 2 amide bonds. The molecule has 0 spiro atoms. The number of nitrogens with one attached hydrogen (secondary N) is 1. The molecule has 0 radical (unpaired) electrons. The summed E-state index contributed by atoms with van der Waals surface area (Å²) in [6.45, 7) is 1.40. The van der Waals surface area contributed by atoms with Crippen molar-refractivity contribution in [1.29, 1.82) is 0 Å². The third-order valence-electron chi connectivity index (χ3n) is 4.45. The van der Waals surface area contributed by atoms with Gasteiger partial charge in [-0.2, -0.15) is 5.10 Å². The van der Waals surface area contributed by atoms with E-state index < -0.39 is 0 Å². The lowest BCUT2D eigenvalue weighted by Crippen LogP contribution is -2.46. The first-order chi connectivity index (χ1) is 11.7. The Balaban J connectivity index is 1.58. The highest BCUT2D eigenvalue weighted by Crippen LogP contribution is 2.37. The van der Waals surface area contributed by atoms with Gasteiger partial charge in [0.05, 0.1) is 12.0 Å². The summed E-state index contributed by atoms with van der Waals surface area (Å²) in [5.41, 5.74) is 0. The molecule has 6 nitrogen and oxygen atoms in total. The third-order valence-corrected chi connectivity index (χ3v) is 5.40. The molecule has 0 aliphatic carbocycles. The number of aryl methyl sites for hydroxylation is 1. The summed E-state index contributed by atoms with van der Waals surface area (Å²) < 4.78 is 1.85. The van der Waals surface area contributed by atoms with Crippen LogP contribution < -0.4 is 5.32 Å². The lowest BCUT2D eigenvalue weighted by Gasteiger charge is -2.37. The molecule has 3 rings (SSSR count).